The van der Waals surface area contributed by atoms with Crippen molar-refractivity contribution in [3.63, 3.8) is 0 Å². The van der Waals surface area contributed by atoms with E-state index in [0.29, 0.717) is 5.56 Å². The summed E-state index contributed by atoms with van der Waals surface area (Å²) in [4.78, 5) is 6.98. The number of nitrogens with zero attached hydrogens (tertiary/aromatic N) is 2. The number of halogens is 4. The van der Waals surface area contributed by atoms with Crippen molar-refractivity contribution in [2.24, 2.45) is 0 Å². The van der Waals surface area contributed by atoms with Gasteiger partial charge in [0.05, 0.1) is 10.9 Å². The van der Waals surface area contributed by atoms with Gasteiger partial charge in [-0.25, -0.2) is 23.1 Å². The molecule has 1 aromatic carbocycles. The summed E-state index contributed by atoms with van der Waals surface area (Å²) in [7, 11) is 0. The molecule has 16 heavy (non-hydrogen) atoms. The van der Waals surface area contributed by atoms with Crippen LogP contribution in [0.15, 0.2) is 12.1 Å². The first kappa shape index (κ1) is 11.1. The Hall–Kier alpha value is -1.36. The largest absolute Gasteiger partial charge is 0.297 e. The Labute approximate surface area is 94.1 Å². The summed E-state index contributed by atoms with van der Waals surface area (Å²) in [5, 5.41) is -0.312. The Morgan fingerprint density at radius 1 is 1.25 bits per heavy atom. The van der Waals surface area contributed by atoms with Crippen LogP contribution in [0.25, 0.3) is 10.9 Å². The normalized spacial score (nSPS) is 11.4. The van der Waals surface area contributed by atoms with Crippen molar-refractivity contribution < 1.29 is 13.2 Å². The van der Waals surface area contributed by atoms with Crippen molar-refractivity contribution in [3.8, 4) is 0 Å². The summed E-state index contributed by atoms with van der Waals surface area (Å²) in [6.45, 7) is 1.64. The number of aromatic nitrogens is 2. The van der Waals surface area contributed by atoms with Crippen LogP contribution in [0.1, 0.15) is 17.8 Å². The molecule has 1 aromatic heterocycles. The molecule has 0 atom stereocenters. The van der Waals surface area contributed by atoms with E-state index in [2.05, 4.69) is 9.97 Å². The summed E-state index contributed by atoms with van der Waals surface area (Å²) in [5.74, 6) is -1.31. The number of fused-ring (bicyclic) bond motifs is 1. The average Bonchev–Trinajstić information content (AvgIpc) is 2.22. The molecule has 0 spiro atoms. The maximum absolute atomic E-state index is 13.4. The predicted molar refractivity (Wildman–Crippen MR) is 54.2 cm³/mol. The van der Waals surface area contributed by atoms with Gasteiger partial charge in [-0.05, 0) is 18.6 Å². The SMILES string of the molecule is Cc1ccc(F)c2c(Cl)nc(C(F)F)nc12. The van der Waals surface area contributed by atoms with Gasteiger partial charge in [0.25, 0.3) is 6.43 Å². The van der Waals surface area contributed by atoms with Gasteiger partial charge < -0.3 is 0 Å². The number of aryl methyl sites for hydroxylation is 1. The van der Waals surface area contributed by atoms with Crippen molar-refractivity contribution in [2.45, 2.75) is 13.3 Å². The molecule has 0 aliphatic carbocycles. The molecule has 0 N–H and O–H groups in total. The van der Waals surface area contributed by atoms with Crippen molar-refractivity contribution in [1.29, 1.82) is 0 Å². The molecule has 0 amide bonds. The third kappa shape index (κ3) is 1.71. The van der Waals surface area contributed by atoms with E-state index in [0.717, 1.165) is 0 Å². The molecule has 2 nitrogen and oxygen atoms in total. The van der Waals surface area contributed by atoms with Gasteiger partial charge in [-0.2, -0.15) is 0 Å². The maximum atomic E-state index is 13.4. The molecule has 6 heteroatoms. The van der Waals surface area contributed by atoms with Gasteiger partial charge in [-0.3, -0.25) is 0 Å². The monoisotopic (exact) mass is 246 g/mol. The van der Waals surface area contributed by atoms with Crippen LogP contribution in [-0.4, -0.2) is 9.97 Å². The summed E-state index contributed by atoms with van der Waals surface area (Å²) in [6, 6.07) is 2.66. The van der Waals surface area contributed by atoms with Crippen LogP contribution in [0, 0.1) is 12.7 Å². The lowest BCUT2D eigenvalue weighted by molar-refractivity contribution is 0.141. The Morgan fingerprint density at radius 2 is 1.94 bits per heavy atom. The van der Waals surface area contributed by atoms with Crippen LogP contribution >= 0.6 is 11.6 Å². The number of rotatable bonds is 1. The number of hydrogen-bond acceptors (Lipinski definition) is 2. The number of benzene rings is 1. The highest BCUT2D eigenvalue weighted by atomic mass is 35.5. The zero-order chi connectivity index (χ0) is 11.9. The number of hydrogen-bond donors (Lipinski definition) is 0. The minimum atomic E-state index is -2.83. The second-order valence-electron chi connectivity index (χ2n) is 3.26. The van der Waals surface area contributed by atoms with E-state index >= 15 is 0 Å². The number of alkyl halides is 2. The van der Waals surface area contributed by atoms with E-state index in [-0.39, 0.29) is 16.1 Å². The van der Waals surface area contributed by atoms with Crippen molar-refractivity contribution in [1.82, 2.24) is 9.97 Å². The highest BCUT2D eigenvalue weighted by Crippen LogP contribution is 2.28. The molecule has 2 rings (SSSR count). The Kier molecular flexibility index (Phi) is 2.71. The summed E-state index contributed by atoms with van der Waals surface area (Å²) in [6.07, 6.45) is -2.83. The second kappa shape index (κ2) is 3.90. The molecule has 2 aromatic rings. The van der Waals surface area contributed by atoms with Gasteiger partial charge in [0.15, 0.2) is 5.82 Å². The first-order valence-corrected chi connectivity index (χ1v) is 4.79. The zero-order valence-electron chi connectivity index (χ0n) is 8.14. The minimum Gasteiger partial charge on any atom is -0.227 e. The fraction of sp³-hybridized carbons (Fsp3) is 0.200. The molecule has 0 bridgehead atoms. The lowest BCUT2D eigenvalue weighted by Crippen LogP contribution is -1.99. The fourth-order valence-electron chi connectivity index (χ4n) is 1.40. The third-order valence-electron chi connectivity index (χ3n) is 2.17. The van der Waals surface area contributed by atoms with Crippen LogP contribution in [-0.2, 0) is 0 Å². The van der Waals surface area contributed by atoms with Crippen molar-refractivity contribution in [2.75, 3.05) is 0 Å². The molecule has 0 radical (unpaired) electrons. The lowest BCUT2D eigenvalue weighted by atomic mass is 10.1. The van der Waals surface area contributed by atoms with Gasteiger partial charge >= 0.3 is 0 Å². The van der Waals surface area contributed by atoms with Crippen molar-refractivity contribution >= 4 is 22.5 Å². The van der Waals surface area contributed by atoms with Crippen LogP contribution < -0.4 is 0 Å². The smallest absolute Gasteiger partial charge is 0.227 e. The van der Waals surface area contributed by atoms with Gasteiger partial charge in [-0.1, -0.05) is 17.7 Å². The minimum absolute atomic E-state index is 0.0222. The molecule has 0 unspecified atom stereocenters. The van der Waals surface area contributed by atoms with E-state index in [1.165, 1.54) is 12.1 Å². The second-order valence-corrected chi connectivity index (χ2v) is 3.62. The lowest BCUT2D eigenvalue weighted by Gasteiger charge is -2.06. The zero-order valence-corrected chi connectivity index (χ0v) is 8.89. The fourth-order valence-corrected chi connectivity index (χ4v) is 1.67. The topological polar surface area (TPSA) is 25.8 Å². The molecular formula is C10H6ClF3N2. The molecule has 84 valence electrons. The van der Waals surface area contributed by atoms with Crippen LogP contribution in [0.2, 0.25) is 5.15 Å². The molecule has 0 aliphatic heterocycles. The molecule has 0 saturated heterocycles. The van der Waals surface area contributed by atoms with Gasteiger partial charge in [0.1, 0.15) is 11.0 Å². The Morgan fingerprint density at radius 3 is 2.56 bits per heavy atom. The quantitative estimate of drug-likeness (QED) is 0.718. The van der Waals surface area contributed by atoms with Gasteiger partial charge in [-0.15, -0.1) is 0 Å². The molecule has 1 heterocycles. The van der Waals surface area contributed by atoms with Crippen LogP contribution in [0.3, 0.4) is 0 Å². The summed E-state index contributed by atoms with van der Waals surface area (Å²) in [5.41, 5.74) is 0.693. The highest BCUT2D eigenvalue weighted by Gasteiger charge is 2.17. The van der Waals surface area contributed by atoms with E-state index in [1.54, 1.807) is 6.92 Å². The maximum Gasteiger partial charge on any atom is 0.297 e. The standard InChI is InChI=1S/C10H6ClF3N2/c1-4-2-3-5(12)6-7(4)15-10(9(13)14)16-8(6)11/h2-3,9H,1H3. The van der Waals surface area contributed by atoms with Crippen molar-refractivity contribution in [3.05, 3.63) is 34.5 Å². The first-order chi connectivity index (χ1) is 7.50. The first-order valence-electron chi connectivity index (χ1n) is 4.41. The Balaban J connectivity index is 2.86. The molecule has 0 aliphatic rings. The van der Waals surface area contributed by atoms with Gasteiger partial charge in [0.2, 0.25) is 0 Å². The van der Waals surface area contributed by atoms with E-state index < -0.39 is 18.1 Å². The average molecular weight is 247 g/mol. The molecule has 0 saturated carbocycles. The van der Waals surface area contributed by atoms with Crippen LogP contribution in [0.5, 0.6) is 0 Å². The third-order valence-corrected chi connectivity index (χ3v) is 2.44. The Bertz CT molecular complexity index is 557. The van der Waals surface area contributed by atoms with E-state index in [4.69, 9.17) is 11.6 Å². The van der Waals surface area contributed by atoms with E-state index in [9.17, 15) is 13.2 Å². The summed E-state index contributed by atoms with van der Waals surface area (Å²) >= 11 is 5.66. The predicted octanol–water partition coefficient (Wildman–Crippen LogP) is 3.67. The summed E-state index contributed by atoms with van der Waals surface area (Å²) < 4.78 is 38.3. The highest BCUT2D eigenvalue weighted by molar-refractivity contribution is 6.34. The molecular weight excluding hydrogens is 241 g/mol. The van der Waals surface area contributed by atoms with Crippen LogP contribution in [0.4, 0.5) is 13.2 Å². The molecule has 0 fully saturated rings. The van der Waals surface area contributed by atoms with Gasteiger partial charge in [0, 0.05) is 0 Å². The van der Waals surface area contributed by atoms with E-state index in [1.807, 2.05) is 0 Å².